The molecule has 1 unspecified atom stereocenters. The molecule has 43 heavy (non-hydrogen) atoms. The van der Waals surface area contributed by atoms with E-state index in [0.29, 0.717) is 0 Å². The number of halogens is 2. The molecule has 0 spiro atoms. The Morgan fingerprint density at radius 3 is 2.19 bits per heavy atom. The summed E-state index contributed by atoms with van der Waals surface area (Å²) in [6, 6.07) is 0. The molecular formula is C20H22F2N10O8P2S. The van der Waals surface area contributed by atoms with Crippen LogP contribution >= 0.6 is 27.1 Å². The van der Waals surface area contributed by atoms with Crippen LogP contribution in [0.4, 0.5) is 20.4 Å². The molecule has 7 rings (SSSR count). The average molecular weight is 662 g/mol. The number of imidazole rings is 2. The monoisotopic (exact) mass is 662 g/mol. The number of anilines is 2. The van der Waals surface area contributed by atoms with E-state index in [1.807, 2.05) is 0 Å². The van der Waals surface area contributed by atoms with Crippen molar-refractivity contribution in [1.29, 1.82) is 0 Å². The highest BCUT2D eigenvalue weighted by atomic mass is 32.7. The maximum absolute atomic E-state index is 15.9. The summed E-state index contributed by atoms with van der Waals surface area (Å²) in [4.78, 5) is 24.1. The normalized spacial score (nSPS) is 37.1. The minimum atomic E-state index is -4.11. The van der Waals surface area contributed by atoms with Crippen LogP contribution in [0.1, 0.15) is 12.5 Å². The number of nitrogen functional groups attached to an aromatic ring is 2. The van der Waals surface area contributed by atoms with E-state index >= 15 is 8.78 Å². The highest BCUT2D eigenvalue weighted by Crippen LogP contribution is 2.56. The van der Waals surface area contributed by atoms with Crippen molar-refractivity contribution in [3.8, 4) is 0 Å². The van der Waals surface area contributed by atoms with Gasteiger partial charge in [0.05, 0.1) is 19.3 Å². The van der Waals surface area contributed by atoms with Crippen LogP contribution in [0.5, 0.6) is 0 Å². The zero-order valence-electron chi connectivity index (χ0n) is 21.5. The minimum absolute atomic E-state index is 0.0613. The van der Waals surface area contributed by atoms with E-state index in [0.717, 1.165) is 0 Å². The van der Waals surface area contributed by atoms with Gasteiger partial charge in [0, 0.05) is 0 Å². The van der Waals surface area contributed by atoms with Crippen molar-refractivity contribution in [2.24, 2.45) is 0 Å². The highest BCUT2D eigenvalue weighted by Gasteiger charge is 2.53. The Morgan fingerprint density at radius 2 is 1.53 bits per heavy atom. The van der Waals surface area contributed by atoms with Crippen molar-refractivity contribution in [2.45, 2.75) is 49.4 Å². The second-order valence-corrected chi connectivity index (χ2v) is 14.3. The lowest BCUT2D eigenvalue weighted by molar-refractivity contribution is -0.157. The van der Waals surface area contributed by atoms with E-state index in [4.69, 9.17) is 39.2 Å². The van der Waals surface area contributed by atoms with Gasteiger partial charge in [0.15, 0.2) is 54.0 Å². The van der Waals surface area contributed by atoms with Crippen molar-refractivity contribution in [3.05, 3.63) is 25.3 Å². The third kappa shape index (κ3) is 5.07. The fourth-order valence-electron chi connectivity index (χ4n) is 5.05. The Bertz CT molecular complexity index is 1770. The van der Waals surface area contributed by atoms with Gasteiger partial charge < -0.3 is 34.7 Å². The van der Waals surface area contributed by atoms with E-state index in [2.05, 4.69) is 42.2 Å². The van der Waals surface area contributed by atoms with E-state index in [-0.39, 0.29) is 34.0 Å². The van der Waals surface area contributed by atoms with Gasteiger partial charge in [-0.2, -0.15) is 0 Å². The number of hydrogen-bond donors (Lipinski definition) is 3. The minimum Gasteiger partial charge on any atom is -0.382 e. The highest BCUT2D eigenvalue weighted by molar-refractivity contribution is 8.46. The number of fused-ring (bicyclic) bond motifs is 5. The van der Waals surface area contributed by atoms with Crippen LogP contribution in [0.25, 0.3) is 22.3 Å². The van der Waals surface area contributed by atoms with Crippen molar-refractivity contribution < 1.29 is 45.7 Å². The summed E-state index contributed by atoms with van der Waals surface area (Å²) in [7, 11) is -3.49. The predicted octanol–water partition coefficient (Wildman–Crippen LogP) is 1.55. The Labute approximate surface area is 244 Å². The summed E-state index contributed by atoms with van der Waals surface area (Å²) < 4.78 is 93.8. The molecule has 3 fully saturated rings. The van der Waals surface area contributed by atoms with E-state index in [9.17, 15) is 9.13 Å². The van der Waals surface area contributed by atoms with Crippen LogP contribution in [0, 0.1) is 0 Å². The molecule has 3 saturated heterocycles. The number of alkyl halides is 2. The molecule has 10 atom stereocenters. The molecule has 230 valence electrons. The number of nitrogens with zero attached hydrogens (tertiary/aromatic N) is 8. The Balaban J connectivity index is 1.18. The van der Waals surface area contributed by atoms with Crippen molar-refractivity contribution >= 4 is 61.0 Å². The van der Waals surface area contributed by atoms with Crippen LogP contribution < -0.4 is 11.5 Å². The van der Waals surface area contributed by atoms with E-state index < -0.39 is 77.2 Å². The summed E-state index contributed by atoms with van der Waals surface area (Å²) in [6.07, 6.45) is -8.81. The lowest BCUT2D eigenvalue weighted by Crippen LogP contribution is -2.33. The molecule has 0 amide bonds. The topological polar surface area (TPSA) is 229 Å². The van der Waals surface area contributed by atoms with Crippen molar-refractivity contribution in [1.82, 2.24) is 39.0 Å². The number of hydrogen-bond acceptors (Lipinski definition) is 16. The summed E-state index contributed by atoms with van der Waals surface area (Å²) in [6.45, 7) is -4.67. The molecule has 3 aliphatic heterocycles. The van der Waals surface area contributed by atoms with Gasteiger partial charge >= 0.3 is 8.25 Å². The third-order valence-electron chi connectivity index (χ3n) is 7.00. The molecule has 23 heteroatoms. The molecule has 4 aromatic rings. The molecule has 4 N–H and O–H groups in total. The zero-order chi connectivity index (χ0) is 30.0. The van der Waals surface area contributed by atoms with Gasteiger partial charge in [0.25, 0.3) is 6.57 Å². The van der Waals surface area contributed by atoms with E-state index in [1.54, 1.807) is 0 Å². The second-order valence-electron chi connectivity index (χ2n) is 9.66. The number of ether oxygens (including phenoxy) is 3. The first kappa shape index (κ1) is 28.9. The first-order valence-corrected chi connectivity index (χ1v) is 16.7. The third-order valence-corrected chi connectivity index (χ3v) is 9.55. The largest absolute Gasteiger partial charge is 0.382 e. The Kier molecular flexibility index (Phi) is 7.34. The molecule has 0 saturated carbocycles. The summed E-state index contributed by atoms with van der Waals surface area (Å²) >= 11 is 4.07. The first-order valence-electron chi connectivity index (χ1n) is 12.5. The smallest absolute Gasteiger partial charge is 0.319 e. The molecule has 0 radical (unpaired) electrons. The van der Waals surface area contributed by atoms with Gasteiger partial charge in [-0.1, -0.05) is 12.2 Å². The molecule has 0 aromatic carbocycles. The number of aromatic nitrogens is 8. The standard InChI is InChI=1S/C20H22F2N10O8P2S/c21-8-12-7(37-18(8)31-4-29-10-14(23)25-2-27-16(10)31)1-36-41(33)39-13-9(22)20(35-6-42(34,43)40-12)38-19(13)32-5-30-11-15(24)26-3-28-17(11)32/h2-5,7-9,12-13,18-20,41H,1,6H2,(H,34,43)(H2,23,25,27)(H2,24,26,28)/t7-,8-,9+,12-,13-,18-,19-,20+,42+/m1/s1. The number of thiol groups is 1. The fourth-order valence-corrected chi connectivity index (χ4v) is 7.45. The summed E-state index contributed by atoms with van der Waals surface area (Å²) in [5.41, 5.74) is 12.4. The van der Waals surface area contributed by atoms with Crippen molar-refractivity contribution in [3.63, 3.8) is 0 Å². The molecule has 18 nitrogen and oxygen atoms in total. The molecule has 3 aliphatic rings. The maximum Gasteiger partial charge on any atom is 0.319 e. The molecule has 7 heterocycles. The lowest BCUT2D eigenvalue weighted by Gasteiger charge is -2.24. The van der Waals surface area contributed by atoms with Gasteiger partial charge in [-0.3, -0.25) is 22.8 Å². The molecule has 2 bridgehead atoms. The first-order chi connectivity index (χ1) is 20.6. The van der Waals surface area contributed by atoms with Gasteiger partial charge in [0.2, 0.25) is 0 Å². The van der Waals surface area contributed by atoms with Crippen molar-refractivity contribution in [2.75, 3.05) is 24.4 Å². The van der Waals surface area contributed by atoms with Gasteiger partial charge in [-0.05, 0) is 0 Å². The lowest BCUT2D eigenvalue weighted by atomic mass is 10.1. The van der Waals surface area contributed by atoms with E-state index in [1.165, 1.54) is 34.4 Å². The maximum atomic E-state index is 15.9. The molecule has 4 aromatic heterocycles. The van der Waals surface area contributed by atoms with Crippen LogP contribution in [0.3, 0.4) is 0 Å². The Morgan fingerprint density at radius 1 is 0.907 bits per heavy atom. The average Bonchev–Trinajstić information content (AvgIpc) is 3.73. The second kappa shape index (κ2) is 10.9. The van der Waals surface area contributed by atoms with Crippen LogP contribution in [0.15, 0.2) is 25.3 Å². The van der Waals surface area contributed by atoms with Crippen LogP contribution in [-0.2, 0) is 36.9 Å². The SMILES string of the molecule is Nc1ncnc2c1ncn2[C@@H]1O[C@@H]2CO[PH](=O)O[C@@H]3[C@H](F)[C@@H](OC[P@@](=O)(S)O[C@H]2[C@H]1F)O[C@H]3n1cnc2c(N)ncnc21. The zero-order valence-corrected chi connectivity index (χ0v) is 24.3. The Hall–Kier alpha value is -2.87. The summed E-state index contributed by atoms with van der Waals surface area (Å²) in [5, 5.41) is 0. The quantitative estimate of drug-likeness (QED) is 0.204. The van der Waals surface area contributed by atoms with Gasteiger partial charge in [-0.15, -0.1) is 0 Å². The molecular weight excluding hydrogens is 640 g/mol. The summed E-state index contributed by atoms with van der Waals surface area (Å²) in [5.74, 6) is 0.124. The number of rotatable bonds is 2. The van der Waals surface area contributed by atoms with Gasteiger partial charge in [0.1, 0.15) is 48.3 Å². The number of nitrogens with two attached hydrogens (primary N) is 2. The van der Waals surface area contributed by atoms with Gasteiger partial charge in [-0.25, -0.2) is 38.7 Å². The predicted molar refractivity (Wildman–Crippen MR) is 144 cm³/mol. The fraction of sp³-hybridized carbons (Fsp3) is 0.500. The molecule has 0 aliphatic carbocycles. The van der Waals surface area contributed by atoms with Crippen LogP contribution in [-0.4, -0.2) is 88.9 Å². The van der Waals surface area contributed by atoms with Crippen LogP contribution in [0.2, 0.25) is 0 Å².